The monoisotopic (exact) mass is 529 g/mol. The smallest absolute Gasteiger partial charge is 0.260 e. The first-order chi connectivity index (χ1) is 18.3. The average molecular weight is 530 g/mol. The number of allylic oxidation sites excluding steroid dienone is 1. The molecule has 0 saturated heterocycles. The lowest BCUT2D eigenvalue weighted by Crippen LogP contribution is -2.60. The summed E-state index contributed by atoms with van der Waals surface area (Å²) in [4.78, 5) is 26.6. The van der Waals surface area contributed by atoms with E-state index in [0.29, 0.717) is 30.7 Å². The van der Waals surface area contributed by atoms with Crippen molar-refractivity contribution in [3.63, 3.8) is 0 Å². The first kappa shape index (κ1) is 28.4. The number of nitrogens with one attached hydrogen (secondary N) is 1. The van der Waals surface area contributed by atoms with Crippen molar-refractivity contribution in [1.29, 1.82) is 0 Å². The van der Waals surface area contributed by atoms with E-state index in [1.165, 1.54) is 25.7 Å². The zero-order valence-corrected chi connectivity index (χ0v) is 25.3. The van der Waals surface area contributed by atoms with Gasteiger partial charge in [-0.3, -0.25) is 9.59 Å². The van der Waals surface area contributed by atoms with Crippen molar-refractivity contribution in [2.75, 3.05) is 6.54 Å². The SMILES string of the molecule is [3H][C@@]12CC=C3CC(O)(C(=O)NCCCCCC)C(=O)C[C@]3(C)[C@H]1CC[C@]1(C)[C@@H]([C@H](C)CCCC(C)C)CC[C@@H]21. The molecule has 3 saturated carbocycles. The maximum absolute atomic E-state index is 13.5. The molecule has 38 heavy (non-hydrogen) atoms. The van der Waals surface area contributed by atoms with Gasteiger partial charge in [0.05, 0.1) is 0 Å². The minimum absolute atomic E-state index is 0.0904. The highest BCUT2D eigenvalue weighted by molar-refractivity contribution is 6.10. The number of aliphatic hydroxyl groups is 1. The summed E-state index contributed by atoms with van der Waals surface area (Å²) in [6.45, 7) is 14.4. The molecule has 1 amide bonds. The van der Waals surface area contributed by atoms with Crippen molar-refractivity contribution < 1.29 is 16.1 Å². The Hall–Kier alpha value is -1.16. The lowest BCUT2D eigenvalue weighted by atomic mass is 9.46. The van der Waals surface area contributed by atoms with E-state index in [-0.39, 0.29) is 30.0 Å². The molecule has 2 N–H and O–H groups in total. The van der Waals surface area contributed by atoms with E-state index in [2.05, 4.69) is 52.9 Å². The Morgan fingerprint density at radius 1 is 1.08 bits per heavy atom. The molecule has 0 aromatic carbocycles. The Morgan fingerprint density at radius 3 is 2.55 bits per heavy atom. The van der Waals surface area contributed by atoms with Gasteiger partial charge in [0.25, 0.3) is 5.91 Å². The van der Waals surface area contributed by atoms with Crippen LogP contribution in [0.5, 0.6) is 0 Å². The molecule has 8 atom stereocenters. The molecule has 0 radical (unpaired) electrons. The van der Waals surface area contributed by atoms with Gasteiger partial charge in [-0.15, -0.1) is 0 Å². The quantitative estimate of drug-likeness (QED) is 0.164. The molecular formula is C34H57NO3. The first-order valence-electron chi connectivity index (χ1n) is 16.6. The number of carbonyl (C=O) groups is 2. The highest BCUT2D eigenvalue weighted by Crippen LogP contribution is 2.67. The molecule has 4 heteroatoms. The Balaban J connectivity index is 1.50. The topological polar surface area (TPSA) is 66.4 Å². The van der Waals surface area contributed by atoms with Gasteiger partial charge in [0.1, 0.15) is 0 Å². The number of hydrogen-bond acceptors (Lipinski definition) is 3. The zero-order valence-electron chi connectivity index (χ0n) is 26.3. The van der Waals surface area contributed by atoms with E-state index in [9.17, 15) is 16.1 Å². The fourth-order valence-corrected chi connectivity index (χ4v) is 9.28. The van der Waals surface area contributed by atoms with Gasteiger partial charge in [0.15, 0.2) is 5.78 Å². The van der Waals surface area contributed by atoms with Gasteiger partial charge in [-0.1, -0.05) is 91.7 Å². The maximum Gasteiger partial charge on any atom is 0.260 e. The first-order valence-corrected chi connectivity index (χ1v) is 16.1. The van der Waals surface area contributed by atoms with E-state index in [0.717, 1.165) is 56.4 Å². The van der Waals surface area contributed by atoms with E-state index in [4.69, 9.17) is 0 Å². The Morgan fingerprint density at radius 2 is 1.84 bits per heavy atom. The van der Waals surface area contributed by atoms with Crippen molar-refractivity contribution in [1.82, 2.24) is 5.32 Å². The molecule has 0 aromatic rings. The third-order valence-electron chi connectivity index (χ3n) is 11.6. The molecule has 4 nitrogen and oxygen atoms in total. The third kappa shape index (κ3) is 5.41. The van der Waals surface area contributed by atoms with E-state index in [1.807, 2.05) is 0 Å². The minimum Gasteiger partial charge on any atom is -0.373 e. The summed E-state index contributed by atoms with van der Waals surface area (Å²) in [5.41, 5.74) is -1.18. The van der Waals surface area contributed by atoms with Crippen molar-refractivity contribution in [2.45, 2.75) is 137 Å². The van der Waals surface area contributed by atoms with E-state index < -0.39 is 22.8 Å². The van der Waals surface area contributed by atoms with Gasteiger partial charge in [-0.25, -0.2) is 0 Å². The fraction of sp³-hybridized carbons (Fsp3) is 0.882. The summed E-state index contributed by atoms with van der Waals surface area (Å²) in [6, 6.07) is 0. The lowest BCUT2D eigenvalue weighted by molar-refractivity contribution is -0.159. The van der Waals surface area contributed by atoms with Crippen LogP contribution in [0, 0.1) is 46.3 Å². The molecule has 0 spiro atoms. The van der Waals surface area contributed by atoms with Crippen LogP contribution in [0.1, 0.15) is 133 Å². The highest BCUT2D eigenvalue weighted by atomic mass is 16.3. The van der Waals surface area contributed by atoms with Crippen LogP contribution in [0.15, 0.2) is 11.6 Å². The van der Waals surface area contributed by atoms with Crippen LogP contribution < -0.4 is 5.32 Å². The molecule has 0 bridgehead atoms. The number of carbonyl (C=O) groups excluding carboxylic acids is 2. The number of Topliss-reactive ketones (excluding diaryl/α,β-unsaturated/α-hetero) is 1. The fourth-order valence-electron chi connectivity index (χ4n) is 9.28. The van der Waals surface area contributed by atoms with Crippen molar-refractivity contribution in [3.05, 3.63) is 11.6 Å². The van der Waals surface area contributed by atoms with E-state index >= 15 is 0 Å². The van der Waals surface area contributed by atoms with Gasteiger partial charge in [-0.05, 0) is 84.8 Å². The number of hydrogen-bond donors (Lipinski definition) is 2. The minimum atomic E-state index is -1.97. The molecule has 0 heterocycles. The van der Waals surface area contributed by atoms with E-state index in [1.54, 1.807) is 0 Å². The Labute approximate surface area is 234 Å². The van der Waals surface area contributed by atoms with Crippen LogP contribution in [0.2, 0.25) is 0 Å². The molecular weight excluding hydrogens is 470 g/mol. The van der Waals surface area contributed by atoms with Crippen LogP contribution in [0.3, 0.4) is 0 Å². The summed E-state index contributed by atoms with van der Waals surface area (Å²) >= 11 is 0. The molecule has 4 rings (SSSR count). The highest BCUT2D eigenvalue weighted by Gasteiger charge is 2.62. The predicted molar refractivity (Wildman–Crippen MR) is 156 cm³/mol. The number of amides is 1. The van der Waals surface area contributed by atoms with Crippen molar-refractivity contribution >= 4 is 11.7 Å². The average Bonchev–Trinajstić information content (AvgIpc) is 3.23. The third-order valence-corrected chi connectivity index (χ3v) is 11.6. The maximum atomic E-state index is 13.5. The normalized spacial score (nSPS) is 41.6. The number of fused-ring (bicyclic) bond motifs is 5. The predicted octanol–water partition coefficient (Wildman–Crippen LogP) is 7.63. The van der Waals surface area contributed by atoms with Gasteiger partial charge < -0.3 is 10.4 Å². The second-order valence-corrected chi connectivity index (χ2v) is 14.5. The standard InChI is InChI=1S/C34H57NO3/c1-7-8-9-10-20-35-31(37)34(38)21-25-14-15-26-28-17-16-27(24(4)13-11-12-23(2)3)32(28,5)19-18-29(26)33(25,6)22-30(34)36/h14,23-24,26-29,38H,7-13,15-22H2,1-6H3,(H,35,37)/t24-,26+,27-,28+,29+,32-,33+,34?/m1/s1/i26T. The molecule has 4 aliphatic rings. The summed E-state index contributed by atoms with van der Waals surface area (Å²) < 4.78 is 10.0. The van der Waals surface area contributed by atoms with Crippen LogP contribution in [0.25, 0.3) is 0 Å². The largest absolute Gasteiger partial charge is 0.373 e. The lowest BCUT2D eigenvalue weighted by Gasteiger charge is -2.58. The summed E-state index contributed by atoms with van der Waals surface area (Å²) in [7, 11) is 0. The van der Waals surface area contributed by atoms with Gasteiger partial charge in [-0.2, -0.15) is 0 Å². The van der Waals surface area contributed by atoms with Crippen LogP contribution in [0.4, 0.5) is 0 Å². The second kappa shape index (κ2) is 11.8. The van der Waals surface area contributed by atoms with Gasteiger partial charge >= 0.3 is 0 Å². The number of unbranched alkanes of at least 4 members (excludes halogenated alkanes) is 3. The van der Waals surface area contributed by atoms with Crippen molar-refractivity contribution in [2.24, 2.45) is 46.3 Å². The number of rotatable bonds is 11. The molecule has 1 unspecified atom stereocenters. The van der Waals surface area contributed by atoms with Crippen molar-refractivity contribution in [3.8, 4) is 0 Å². The summed E-state index contributed by atoms with van der Waals surface area (Å²) in [6.07, 6.45) is 15.6. The van der Waals surface area contributed by atoms with Gasteiger partial charge in [0, 0.05) is 20.8 Å². The molecule has 4 aliphatic carbocycles. The van der Waals surface area contributed by atoms with Gasteiger partial charge in [0.2, 0.25) is 5.60 Å². The molecule has 216 valence electrons. The Kier molecular flexibility index (Phi) is 8.77. The van der Waals surface area contributed by atoms with Crippen LogP contribution in [-0.2, 0) is 9.59 Å². The molecule has 3 fully saturated rings. The second-order valence-electron chi connectivity index (χ2n) is 14.5. The summed E-state index contributed by atoms with van der Waals surface area (Å²) in [5, 5.41) is 14.2. The summed E-state index contributed by atoms with van der Waals surface area (Å²) in [5.74, 6) is 1.11. The molecule has 0 aliphatic heterocycles. The van der Waals surface area contributed by atoms with Crippen LogP contribution >= 0.6 is 0 Å². The number of ketones is 1. The van der Waals surface area contributed by atoms with Crippen LogP contribution in [-0.4, -0.2) is 28.9 Å². The zero-order chi connectivity index (χ0) is 28.6. The molecule has 0 aromatic heterocycles. The Bertz CT molecular complexity index is 947.